The lowest BCUT2D eigenvalue weighted by molar-refractivity contribution is -0.0479. The smallest absolute Gasteiger partial charge is 0.129 e. The van der Waals surface area contributed by atoms with Gasteiger partial charge in [0.25, 0.3) is 0 Å². The lowest BCUT2D eigenvalue weighted by atomic mass is 9.93. The summed E-state index contributed by atoms with van der Waals surface area (Å²) < 4.78 is 35.6. The Kier molecular flexibility index (Phi) is 4.90. The van der Waals surface area contributed by atoms with Crippen LogP contribution in [0.15, 0.2) is 24.4 Å². The maximum Gasteiger partial charge on any atom is 0.129 e. The summed E-state index contributed by atoms with van der Waals surface area (Å²) in [6, 6.07) is 3.22. The van der Waals surface area contributed by atoms with E-state index in [1.165, 1.54) is 17.3 Å². The van der Waals surface area contributed by atoms with E-state index in [0.717, 1.165) is 31.6 Å². The summed E-state index contributed by atoms with van der Waals surface area (Å²) in [6.45, 7) is 3.01. The molecule has 0 bridgehead atoms. The van der Waals surface area contributed by atoms with Crippen molar-refractivity contribution < 1.29 is 18.6 Å². The van der Waals surface area contributed by atoms with Gasteiger partial charge in [-0.05, 0) is 42.5 Å². The van der Waals surface area contributed by atoms with Crippen molar-refractivity contribution in [3.05, 3.63) is 52.9 Å². The van der Waals surface area contributed by atoms with E-state index in [-0.39, 0.29) is 24.3 Å². The fraction of sp³-hybridized carbons (Fsp3) is 0.571. The average molecular weight is 404 g/mol. The van der Waals surface area contributed by atoms with Gasteiger partial charge < -0.3 is 15.6 Å². The Morgan fingerprint density at radius 1 is 1.24 bits per heavy atom. The van der Waals surface area contributed by atoms with Crippen molar-refractivity contribution in [2.24, 2.45) is 11.7 Å². The second kappa shape index (κ2) is 7.43. The largest absolute Gasteiger partial charge is 0.394 e. The molecule has 5 rings (SSSR count). The Bertz CT molecular complexity index is 905. The van der Waals surface area contributed by atoms with E-state index >= 15 is 0 Å². The molecule has 1 aromatic carbocycles. The van der Waals surface area contributed by atoms with Gasteiger partial charge in [0, 0.05) is 42.3 Å². The second-order valence-electron chi connectivity index (χ2n) is 8.49. The van der Waals surface area contributed by atoms with Crippen LogP contribution in [0.25, 0.3) is 0 Å². The van der Waals surface area contributed by atoms with Crippen molar-refractivity contribution in [2.45, 2.75) is 43.5 Å². The number of fused-ring (bicyclic) bond motifs is 3. The standard InChI is InChI=1S/C21H26F2N4O2/c22-13-1-2-18(23)15(6-13)21-19(24)7-14(11-29-21)26-9-12-5-20-16(17(12)10-26)8-25-27(20)3-4-28/h1-2,6,8,12,14,17,19,21,28H,3-5,7,9-11,24H2/t12?,14-,17?,19+,21-/m1/s1. The molecule has 3 heterocycles. The minimum atomic E-state index is -0.618. The zero-order valence-electron chi connectivity index (χ0n) is 16.2. The fourth-order valence-electron chi connectivity index (χ4n) is 5.41. The molecule has 156 valence electrons. The Balaban J connectivity index is 1.26. The molecule has 0 amide bonds. The third-order valence-corrected chi connectivity index (χ3v) is 6.80. The highest BCUT2D eigenvalue weighted by atomic mass is 19.1. The maximum atomic E-state index is 14.1. The van der Waals surface area contributed by atoms with E-state index in [9.17, 15) is 13.9 Å². The number of nitrogens with two attached hydrogens (primary N) is 1. The first-order valence-corrected chi connectivity index (χ1v) is 10.3. The van der Waals surface area contributed by atoms with Gasteiger partial charge in [0.15, 0.2) is 0 Å². The summed E-state index contributed by atoms with van der Waals surface area (Å²) in [5.41, 5.74) is 9.10. The number of ether oxygens (including phenoxy) is 1. The predicted octanol–water partition coefficient (Wildman–Crippen LogP) is 1.58. The molecule has 3 N–H and O–H groups in total. The number of halogens is 2. The van der Waals surface area contributed by atoms with Crippen LogP contribution in [0.5, 0.6) is 0 Å². The molecule has 0 spiro atoms. The van der Waals surface area contributed by atoms with Crippen LogP contribution in [0.2, 0.25) is 0 Å². The number of aromatic nitrogens is 2. The highest BCUT2D eigenvalue weighted by Gasteiger charge is 2.45. The minimum Gasteiger partial charge on any atom is -0.394 e. The topological polar surface area (TPSA) is 76.5 Å². The SMILES string of the molecule is N[C@H]1C[C@@H](N2CC3Cc4c(cnn4CCO)C3C2)CO[C@@H]1c1cc(F)ccc1F. The van der Waals surface area contributed by atoms with Crippen LogP contribution in [-0.4, -0.2) is 58.2 Å². The van der Waals surface area contributed by atoms with Crippen LogP contribution in [0, 0.1) is 17.6 Å². The zero-order chi connectivity index (χ0) is 20.1. The second-order valence-corrected chi connectivity index (χ2v) is 8.49. The zero-order valence-corrected chi connectivity index (χ0v) is 16.2. The Labute approximate surface area is 168 Å². The van der Waals surface area contributed by atoms with Gasteiger partial charge in [0.2, 0.25) is 0 Å². The number of rotatable bonds is 4. The first-order valence-electron chi connectivity index (χ1n) is 10.3. The van der Waals surface area contributed by atoms with E-state index in [2.05, 4.69) is 10.00 Å². The molecule has 0 radical (unpaired) electrons. The average Bonchev–Trinajstić information content (AvgIpc) is 3.36. The van der Waals surface area contributed by atoms with Gasteiger partial charge in [-0.15, -0.1) is 0 Å². The van der Waals surface area contributed by atoms with Gasteiger partial charge in [0.1, 0.15) is 17.7 Å². The summed E-state index contributed by atoms with van der Waals surface area (Å²) in [5, 5.41) is 13.6. The number of aliphatic hydroxyl groups is 1. The van der Waals surface area contributed by atoms with Crippen molar-refractivity contribution in [2.75, 3.05) is 26.3 Å². The molecule has 3 aliphatic rings. The molecule has 6 nitrogen and oxygen atoms in total. The van der Waals surface area contributed by atoms with Crippen molar-refractivity contribution in [3.8, 4) is 0 Å². The number of hydrogen-bond acceptors (Lipinski definition) is 5. The van der Waals surface area contributed by atoms with Crippen molar-refractivity contribution in [1.82, 2.24) is 14.7 Å². The number of nitrogens with zero attached hydrogens (tertiary/aromatic N) is 3. The van der Waals surface area contributed by atoms with Crippen LogP contribution in [0.1, 0.15) is 35.3 Å². The Morgan fingerprint density at radius 3 is 2.90 bits per heavy atom. The lowest BCUT2D eigenvalue weighted by Gasteiger charge is -2.39. The predicted molar refractivity (Wildman–Crippen MR) is 102 cm³/mol. The Morgan fingerprint density at radius 2 is 2.10 bits per heavy atom. The third-order valence-electron chi connectivity index (χ3n) is 6.80. The molecule has 0 saturated carbocycles. The number of benzene rings is 1. The van der Waals surface area contributed by atoms with Gasteiger partial charge in [0.05, 0.1) is 26.0 Å². The molecule has 29 heavy (non-hydrogen) atoms. The highest BCUT2D eigenvalue weighted by Crippen LogP contribution is 2.44. The molecule has 1 aliphatic carbocycles. The van der Waals surface area contributed by atoms with Crippen LogP contribution in [-0.2, 0) is 17.7 Å². The monoisotopic (exact) mass is 404 g/mol. The molecular weight excluding hydrogens is 378 g/mol. The van der Waals surface area contributed by atoms with Crippen LogP contribution < -0.4 is 5.73 Å². The van der Waals surface area contributed by atoms with Gasteiger partial charge in [-0.1, -0.05) is 0 Å². The fourth-order valence-corrected chi connectivity index (χ4v) is 5.41. The lowest BCUT2D eigenvalue weighted by Crippen LogP contribution is -2.49. The maximum absolute atomic E-state index is 14.1. The summed E-state index contributed by atoms with van der Waals surface area (Å²) in [5.74, 6) is 0.0345. The van der Waals surface area contributed by atoms with E-state index in [1.54, 1.807) is 0 Å². The van der Waals surface area contributed by atoms with Crippen LogP contribution >= 0.6 is 0 Å². The van der Waals surface area contributed by atoms with E-state index in [0.29, 0.717) is 31.4 Å². The van der Waals surface area contributed by atoms with Crippen LogP contribution in [0.3, 0.4) is 0 Å². The third kappa shape index (κ3) is 3.28. The van der Waals surface area contributed by atoms with Gasteiger partial charge >= 0.3 is 0 Å². The van der Waals surface area contributed by atoms with Crippen molar-refractivity contribution >= 4 is 0 Å². The number of hydrogen-bond donors (Lipinski definition) is 2. The quantitative estimate of drug-likeness (QED) is 0.809. The van der Waals surface area contributed by atoms with Gasteiger partial charge in [-0.25, -0.2) is 8.78 Å². The molecule has 5 atom stereocenters. The molecule has 2 fully saturated rings. The molecule has 8 heteroatoms. The molecule has 2 aromatic rings. The van der Waals surface area contributed by atoms with E-state index < -0.39 is 17.7 Å². The van der Waals surface area contributed by atoms with E-state index in [4.69, 9.17) is 10.5 Å². The van der Waals surface area contributed by atoms with Crippen molar-refractivity contribution in [3.63, 3.8) is 0 Å². The summed E-state index contributed by atoms with van der Waals surface area (Å²) >= 11 is 0. The van der Waals surface area contributed by atoms with E-state index in [1.807, 2.05) is 10.9 Å². The molecule has 2 unspecified atom stereocenters. The summed E-state index contributed by atoms with van der Waals surface area (Å²) in [7, 11) is 0. The van der Waals surface area contributed by atoms with Gasteiger partial charge in [-0.2, -0.15) is 5.10 Å². The summed E-state index contributed by atoms with van der Waals surface area (Å²) in [4.78, 5) is 2.43. The molecular formula is C21H26F2N4O2. The Hall–Kier alpha value is -1.87. The van der Waals surface area contributed by atoms with Crippen molar-refractivity contribution in [1.29, 1.82) is 0 Å². The van der Waals surface area contributed by atoms with Gasteiger partial charge in [-0.3, -0.25) is 9.58 Å². The van der Waals surface area contributed by atoms with Crippen LogP contribution in [0.4, 0.5) is 8.78 Å². The molecule has 2 saturated heterocycles. The highest BCUT2D eigenvalue weighted by molar-refractivity contribution is 5.32. The first-order chi connectivity index (χ1) is 14.0. The minimum absolute atomic E-state index is 0.0972. The number of aliphatic hydroxyl groups excluding tert-OH is 1. The number of likely N-dealkylation sites (tertiary alicyclic amines) is 1. The first kappa shape index (κ1) is 19.1. The summed E-state index contributed by atoms with van der Waals surface area (Å²) in [6.07, 6.45) is 3.00. The normalized spacial score (nSPS) is 31.8. The molecule has 1 aromatic heterocycles. The molecule has 2 aliphatic heterocycles.